The molecule has 0 heterocycles. The van der Waals surface area contributed by atoms with Crippen LogP contribution in [0.15, 0.2) is 11.6 Å². The van der Waals surface area contributed by atoms with Crippen LogP contribution in [-0.4, -0.2) is 0 Å². The van der Waals surface area contributed by atoms with E-state index in [9.17, 15) is 0 Å². The zero-order valence-electron chi connectivity index (χ0n) is 5.60. The van der Waals surface area contributed by atoms with E-state index in [-0.39, 0.29) is 0 Å². The molecule has 0 bridgehead atoms. The summed E-state index contributed by atoms with van der Waals surface area (Å²) in [6.07, 6.45) is 3.78. The van der Waals surface area contributed by atoms with Crippen LogP contribution in [0.2, 0.25) is 0 Å². The van der Waals surface area contributed by atoms with Crippen molar-refractivity contribution >= 4 is 11.6 Å². The van der Waals surface area contributed by atoms with E-state index in [1.165, 1.54) is 5.54 Å². The molecule has 0 aliphatic carbocycles. The van der Waals surface area contributed by atoms with Gasteiger partial charge in [-0.15, -0.1) is 0 Å². The predicted molar refractivity (Wildman–Crippen MR) is 42.2 cm³/mol. The normalized spacial score (nSPS) is 8.40. The minimum Gasteiger partial charge on any atom is -0.198 e. The van der Waals surface area contributed by atoms with Crippen LogP contribution < -0.4 is 0 Å². The lowest BCUT2D eigenvalue weighted by Crippen LogP contribution is -1.67. The van der Waals surface area contributed by atoms with Crippen molar-refractivity contribution in [3.8, 4) is 17.9 Å². The van der Waals surface area contributed by atoms with Crippen LogP contribution in [0.25, 0.3) is 0 Å². The van der Waals surface area contributed by atoms with Gasteiger partial charge in [-0.05, 0) is 12.5 Å². The van der Waals surface area contributed by atoms with Crippen LogP contribution in [0, 0.1) is 23.2 Å². The highest BCUT2D eigenvalue weighted by atomic mass is 35.5. The second-order valence-electron chi connectivity index (χ2n) is 1.63. The van der Waals surface area contributed by atoms with Crippen molar-refractivity contribution < 1.29 is 0 Å². The smallest absolute Gasteiger partial charge is 0.0622 e. The molecule has 10 heavy (non-hydrogen) atoms. The Bertz CT molecular complexity index is 190. The fourth-order valence-corrected chi connectivity index (χ4v) is 0.481. The van der Waals surface area contributed by atoms with Gasteiger partial charge >= 0.3 is 0 Å². The van der Waals surface area contributed by atoms with Gasteiger partial charge in [0.2, 0.25) is 0 Å². The lowest BCUT2D eigenvalue weighted by molar-refractivity contribution is 0.894. The Morgan fingerprint density at radius 1 is 1.40 bits per heavy atom. The molecule has 0 N–H and O–H groups in total. The molecule has 0 aliphatic heterocycles. The second-order valence-corrected chi connectivity index (χ2v) is 1.88. The van der Waals surface area contributed by atoms with Gasteiger partial charge in [-0.3, -0.25) is 0 Å². The van der Waals surface area contributed by atoms with Gasteiger partial charge < -0.3 is 0 Å². The summed E-state index contributed by atoms with van der Waals surface area (Å²) in [4.78, 5) is 0. The highest BCUT2D eigenvalue weighted by Crippen LogP contribution is 1.90. The highest BCUT2D eigenvalue weighted by molar-refractivity contribution is 6.25. The molecular formula is C8H8ClN. The minimum atomic E-state index is 0.583. The average molecular weight is 154 g/mol. The number of allylic oxidation sites excluding steroid dienone is 1. The summed E-state index contributed by atoms with van der Waals surface area (Å²) < 4.78 is 0. The molecule has 0 saturated carbocycles. The van der Waals surface area contributed by atoms with Crippen LogP contribution in [-0.2, 0) is 0 Å². The van der Waals surface area contributed by atoms with Crippen molar-refractivity contribution in [3.05, 3.63) is 11.6 Å². The van der Waals surface area contributed by atoms with Gasteiger partial charge in [0.05, 0.1) is 6.07 Å². The number of nitrogens with zero attached hydrogens (tertiary/aromatic N) is 1. The number of unbranched alkanes of at least 4 members (excludes halogenated alkanes) is 2. The first-order chi connectivity index (χ1) is 4.91. The third-order valence-corrected chi connectivity index (χ3v) is 0.965. The number of nitriles is 1. The first-order valence-corrected chi connectivity index (χ1v) is 3.46. The Morgan fingerprint density at radius 2 is 2.20 bits per heavy atom. The summed E-state index contributed by atoms with van der Waals surface area (Å²) in [6, 6.07) is 2.05. The number of hydrogen-bond acceptors (Lipinski definition) is 1. The van der Waals surface area contributed by atoms with Gasteiger partial charge in [-0.2, -0.15) is 5.26 Å². The summed E-state index contributed by atoms with van der Waals surface area (Å²) in [6.45, 7) is 0. The van der Waals surface area contributed by atoms with E-state index in [2.05, 4.69) is 11.8 Å². The monoisotopic (exact) mass is 153 g/mol. The van der Waals surface area contributed by atoms with Gasteiger partial charge in [0.25, 0.3) is 0 Å². The van der Waals surface area contributed by atoms with Crippen molar-refractivity contribution in [2.75, 3.05) is 0 Å². The zero-order valence-corrected chi connectivity index (χ0v) is 6.36. The molecule has 0 fully saturated rings. The molecule has 0 unspecified atom stereocenters. The molecule has 0 aromatic rings. The third kappa shape index (κ3) is 7.08. The van der Waals surface area contributed by atoms with Crippen LogP contribution in [0.4, 0.5) is 0 Å². The molecule has 1 nitrogen and oxygen atoms in total. The molecule has 0 aromatic carbocycles. The average Bonchev–Trinajstić information content (AvgIpc) is 1.97. The largest absolute Gasteiger partial charge is 0.198 e. The van der Waals surface area contributed by atoms with Crippen molar-refractivity contribution in [1.29, 1.82) is 5.26 Å². The fraction of sp³-hybridized carbons (Fsp3) is 0.375. The summed E-state index contributed by atoms with van der Waals surface area (Å²) in [5.41, 5.74) is 1.37. The molecule has 0 aromatic heterocycles. The summed E-state index contributed by atoms with van der Waals surface area (Å²) in [5, 5.41) is 8.14. The van der Waals surface area contributed by atoms with Crippen molar-refractivity contribution in [3.63, 3.8) is 0 Å². The van der Waals surface area contributed by atoms with E-state index in [4.69, 9.17) is 16.9 Å². The lowest BCUT2D eigenvalue weighted by atomic mass is 10.2. The predicted octanol–water partition coefficient (Wildman–Crippen LogP) is 2.44. The molecule has 0 amide bonds. The van der Waals surface area contributed by atoms with Gasteiger partial charge in [-0.1, -0.05) is 23.4 Å². The third-order valence-electron chi connectivity index (χ3n) is 0.839. The number of halogens is 1. The highest BCUT2D eigenvalue weighted by Gasteiger charge is 1.78. The van der Waals surface area contributed by atoms with E-state index in [0.717, 1.165) is 12.8 Å². The maximum atomic E-state index is 8.14. The molecule has 0 radical (unpaired) electrons. The van der Waals surface area contributed by atoms with Crippen molar-refractivity contribution in [2.45, 2.75) is 19.3 Å². The van der Waals surface area contributed by atoms with Crippen molar-refractivity contribution in [1.82, 2.24) is 0 Å². The Kier molecular flexibility index (Phi) is 7.34. The minimum absolute atomic E-state index is 0.583. The Labute approximate surface area is 66.3 Å². The van der Waals surface area contributed by atoms with E-state index in [0.29, 0.717) is 6.42 Å². The Hall–Kier alpha value is -0.920. The molecule has 2 heteroatoms. The first-order valence-electron chi connectivity index (χ1n) is 3.02. The fourth-order valence-electron chi connectivity index (χ4n) is 0.418. The molecule has 0 saturated heterocycles. The van der Waals surface area contributed by atoms with E-state index >= 15 is 0 Å². The summed E-state index contributed by atoms with van der Waals surface area (Å²) in [5.74, 6) is 5.57. The molecule has 0 aliphatic rings. The lowest BCUT2D eigenvalue weighted by Gasteiger charge is -1.79. The topological polar surface area (TPSA) is 23.8 Å². The molecule has 0 atom stereocenters. The summed E-state index contributed by atoms with van der Waals surface area (Å²) >= 11 is 5.21. The Balaban J connectivity index is 3.22. The number of hydrogen-bond donors (Lipinski definition) is 0. The summed E-state index contributed by atoms with van der Waals surface area (Å²) in [7, 11) is 0. The van der Waals surface area contributed by atoms with Gasteiger partial charge in [0, 0.05) is 18.4 Å². The van der Waals surface area contributed by atoms with E-state index in [1.807, 2.05) is 6.07 Å². The van der Waals surface area contributed by atoms with Gasteiger partial charge in [0.15, 0.2) is 0 Å². The van der Waals surface area contributed by atoms with Crippen LogP contribution in [0.5, 0.6) is 0 Å². The first kappa shape index (κ1) is 9.08. The maximum absolute atomic E-state index is 8.14. The maximum Gasteiger partial charge on any atom is 0.0622 e. The van der Waals surface area contributed by atoms with Crippen molar-refractivity contribution in [2.24, 2.45) is 0 Å². The SMILES string of the molecule is N#CCCCC#C/C=C/Cl. The quantitative estimate of drug-likeness (QED) is 0.442. The molecule has 52 valence electrons. The van der Waals surface area contributed by atoms with E-state index < -0.39 is 0 Å². The van der Waals surface area contributed by atoms with Gasteiger partial charge in [-0.25, -0.2) is 0 Å². The zero-order chi connectivity index (χ0) is 7.66. The van der Waals surface area contributed by atoms with Crippen LogP contribution in [0.1, 0.15) is 19.3 Å². The van der Waals surface area contributed by atoms with Gasteiger partial charge in [0.1, 0.15) is 0 Å². The Morgan fingerprint density at radius 3 is 2.80 bits per heavy atom. The van der Waals surface area contributed by atoms with Crippen LogP contribution in [0.3, 0.4) is 0 Å². The van der Waals surface area contributed by atoms with E-state index in [1.54, 1.807) is 6.08 Å². The standard InChI is InChI=1S/C8H8ClN/c9-7-5-3-1-2-4-6-8-10/h5,7H,2,4,6H2/b7-5+. The molecule has 0 rings (SSSR count). The second kappa shape index (κ2) is 8.08. The van der Waals surface area contributed by atoms with Crippen LogP contribution >= 0.6 is 11.6 Å². The molecular weight excluding hydrogens is 146 g/mol. The molecule has 0 spiro atoms. The number of rotatable bonds is 2.